The molecule has 1 heterocycles. The van der Waals surface area contributed by atoms with Gasteiger partial charge < -0.3 is 9.64 Å². The minimum absolute atomic E-state index is 0.0896. The average molecular weight is 403 g/mol. The lowest BCUT2D eigenvalue weighted by molar-refractivity contribution is 0.0624. The normalized spacial score (nSPS) is 15.1. The van der Waals surface area contributed by atoms with E-state index in [1.54, 1.807) is 24.9 Å². The molecule has 1 amide bonds. The molecular weight excluding hydrogens is 375 g/mol. The van der Waals surface area contributed by atoms with E-state index in [1.165, 1.54) is 12.1 Å². The first-order valence-corrected chi connectivity index (χ1v) is 10.5. The Balaban J connectivity index is 1.63. The van der Waals surface area contributed by atoms with Gasteiger partial charge in [0.2, 0.25) is 0 Å². The predicted octanol–water partition coefficient (Wildman–Crippen LogP) is 4.29. The molecule has 0 atom stereocenters. The van der Waals surface area contributed by atoms with Crippen molar-refractivity contribution in [3.8, 4) is 5.75 Å². The molecule has 1 aliphatic rings. The van der Waals surface area contributed by atoms with Crippen molar-refractivity contribution >= 4 is 17.7 Å². The number of benzene rings is 2. The first kappa shape index (κ1) is 20.7. The molecule has 150 valence electrons. The molecular formula is C22H27FN2O2S. The number of hydrogen-bond acceptors (Lipinski definition) is 4. The van der Waals surface area contributed by atoms with Gasteiger partial charge in [0.25, 0.3) is 5.91 Å². The van der Waals surface area contributed by atoms with Gasteiger partial charge >= 0.3 is 0 Å². The Morgan fingerprint density at radius 2 is 1.86 bits per heavy atom. The third-order valence-corrected chi connectivity index (χ3v) is 5.86. The summed E-state index contributed by atoms with van der Waals surface area (Å²) in [6.45, 7) is 7.71. The highest BCUT2D eigenvalue weighted by Gasteiger charge is 2.24. The highest BCUT2D eigenvalue weighted by atomic mass is 32.2. The van der Waals surface area contributed by atoms with Crippen molar-refractivity contribution in [3.63, 3.8) is 0 Å². The van der Waals surface area contributed by atoms with Gasteiger partial charge in [0.15, 0.2) is 0 Å². The van der Waals surface area contributed by atoms with E-state index >= 15 is 0 Å². The van der Waals surface area contributed by atoms with E-state index in [4.69, 9.17) is 4.74 Å². The number of halogens is 1. The van der Waals surface area contributed by atoms with Gasteiger partial charge in [0.1, 0.15) is 11.6 Å². The van der Waals surface area contributed by atoms with Crippen molar-refractivity contribution in [2.24, 2.45) is 0 Å². The topological polar surface area (TPSA) is 32.8 Å². The van der Waals surface area contributed by atoms with E-state index < -0.39 is 0 Å². The van der Waals surface area contributed by atoms with Gasteiger partial charge in [-0.1, -0.05) is 26.0 Å². The van der Waals surface area contributed by atoms with Crippen LogP contribution in [0, 0.1) is 5.82 Å². The zero-order chi connectivity index (χ0) is 20.1. The molecule has 1 fully saturated rings. The molecule has 0 spiro atoms. The monoisotopic (exact) mass is 402 g/mol. The van der Waals surface area contributed by atoms with Gasteiger partial charge in [0, 0.05) is 48.4 Å². The van der Waals surface area contributed by atoms with Crippen LogP contribution in [0.15, 0.2) is 47.4 Å². The summed E-state index contributed by atoms with van der Waals surface area (Å²) in [6.07, 6.45) is 0. The molecule has 28 heavy (non-hydrogen) atoms. The number of nitrogens with zero attached hydrogens (tertiary/aromatic N) is 2. The largest absolute Gasteiger partial charge is 0.496 e. The van der Waals surface area contributed by atoms with E-state index in [-0.39, 0.29) is 11.7 Å². The number of hydrogen-bond donors (Lipinski definition) is 0. The predicted molar refractivity (Wildman–Crippen MR) is 112 cm³/mol. The van der Waals surface area contributed by atoms with E-state index in [0.717, 1.165) is 29.1 Å². The SMILES string of the molecule is COc1ccc(F)cc1CN1CCN(C(=O)c2ccccc2SC(C)C)CC1. The molecule has 0 radical (unpaired) electrons. The Hall–Kier alpha value is -2.05. The van der Waals surface area contributed by atoms with E-state index in [1.807, 2.05) is 29.2 Å². The maximum absolute atomic E-state index is 13.6. The number of rotatable bonds is 6. The maximum atomic E-state index is 13.6. The molecule has 0 bridgehead atoms. The number of amides is 1. The highest BCUT2D eigenvalue weighted by molar-refractivity contribution is 8.00. The maximum Gasteiger partial charge on any atom is 0.255 e. The number of piperazine rings is 1. The molecule has 6 heteroatoms. The number of ether oxygens (including phenoxy) is 1. The molecule has 0 aliphatic carbocycles. The fraction of sp³-hybridized carbons (Fsp3) is 0.409. The van der Waals surface area contributed by atoms with Crippen molar-refractivity contribution in [3.05, 3.63) is 59.4 Å². The summed E-state index contributed by atoms with van der Waals surface area (Å²) in [5.41, 5.74) is 1.61. The van der Waals surface area contributed by atoms with Crippen LogP contribution in [-0.2, 0) is 6.54 Å². The van der Waals surface area contributed by atoms with Crippen molar-refractivity contribution < 1.29 is 13.9 Å². The van der Waals surface area contributed by atoms with Crippen LogP contribution in [-0.4, -0.2) is 54.2 Å². The van der Waals surface area contributed by atoms with E-state index in [2.05, 4.69) is 18.7 Å². The van der Waals surface area contributed by atoms with Crippen LogP contribution in [0.3, 0.4) is 0 Å². The molecule has 3 rings (SSSR count). The highest BCUT2D eigenvalue weighted by Crippen LogP contribution is 2.28. The molecule has 1 aliphatic heterocycles. The van der Waals surface area contributed by atoms with Gasteiger partial charge in [-0.05, 0) is 30.3 Å². The van der Waals surface area contributed by atoms with Crippen molar-refractivity contribution in [2.45, 2.75) is 30.5 Å². The van der Waals surface area contributed by atoms with E-state index in [9.17, 15) is 9.18 Å². The third-order valence-electron chi connectivity index (χ3n) is 4.78. The molecule has 1 saturated heterocycles. The second-order valence-corrected chi connectivity index (χ2v) is 8.81. The summed E-state index contributed by atoms with van der Waals surface area (Å²) < 4.78 is 18.9. The molecule has 0 N–H and O–H groups in total. The fourth-order valence-corrected chi connectivity index (χ4v) is 4.34. The zero-order valence-electron chi connectivity index (χ0n) is 16.7. The third kappa shape index (κ3) is 5.06. The lowest BCUT2D eigenvalue weighted by Crippen LogP contribution is -2.48. The Labute approximate surface area is 170 Å². The summed E-state index contributed by atoms with van der Waals surface area (Å²) in [7, 11) is 1.60. The molecule has 4 nitrogen and oxygen atoms in total. The molecule has 0 unspecified atom stereocenters. The number of carbonyl (C=O) groups is 1. The van der Waals surface area contributed by atoms with Crippen LogP contribution in [0.2, 0.25) is 0 Å². The molecule has 2 aromatic carbocycles. The lowest BCUT2D eigenvalue weighted by Gasteiger charge is -2.35. The minimum Gasteiger partial charge on any atom is -0.496 e. The first-order chi connectivity index (χ1) is 13.5. The van der Waals surface area contributed by atoms with Gasteiger partial charge in [-0.2, -0.15) is 0 Å². The van der Waals surface area contributed by atoms with E-state index in [0.29, 0.717) is 30.6 Å². The van der Waals surface area contributed by atoms with Gasteiger partial charge in [0.05, 0.1) is 12.7 Å². The van der Waals surface area contributed by atoms with Crippen LogP contribution >= 0.6 is 11.8 Å². The van der Waals surface area contributed by atoms with Gasteiger partial charge in [-0.25, -0.2) is 4.39 Å². The quantitative estimate of drug-likeness (QED) is 0.675. The van der Waals surface area contributed by atoms with Crippen LogP contribution < -0.4 is 4.74 Å². The van der Waals surface area contributed by atoms with Crippen molar-refractivity contribution in [1.82, 2.24) is 9.80 Å². The molecule has 2 aromatic rings. The van der Waals surface area contributed by atoms with Crippen molar-refractivity contribution in [2.75, 3.05) is 33.3 Å². The Kier molecular flexibility index (Phi) is 6.97. The summed E-state index contributed by atoms with van der Waals surface area (Å²) in [5.74, 6) is 0.523. The smallest absolute Gasteiger partial charge is 0.255 e. The number of carbonyl (C=O) groups excluding carboxylic acids is 1. The molecule has 0 aromatic heterocycles. The van der Waals surface area contributed by atoms with Crippen LogP contribution in [0.1, 0.15) is 29.8 Å². The number of thioether (sulfide) groups is 1. The lowest BCUT2D eigenvalue weighted by atomic mass is 10.1. The Bertz CT molecular complexity index is 820. The standard InChI is InChI=1S/C22H27FN2O2S/c1-16(2)28-21-7-5-4-6-19(21)22(26)25-12-10-24(11-13-25)15-17-14-18(23)8-9-20(17)27-3/h4-9,14,16H,10-13,15H2,1-3H3. The minimum atomic E-state index is -0.260. The number of methoxy groups -OCH3 is 1. The summed E-state index contributed by atoms with van der Waals surface area (Å²) >= 11 is 1.72. The summed E-state index contributed by atoms with van der Waals surface area (Å²) in [4.78, 5) is 18.2. The van der Waals surface area contributed by atoms with Crippen LogP contribution in [0.4, 0.5) is 4.39 Å². The Morgan fingerprint density at radius 3 is 2.54 bits per heavy atom. The van der Waals surface area contributed by atoms with Crippen molar-refractivity contribution in [1.29, 1.82) is 0 Å². The summed E-state index contributed by atoms with van der Waals surface area (Å²) in [6, 6.07) is 12.4. The first-order valence-electron chi connectivity index (χ1n) is 9.57. The fourth-order valence-electron chi connectivity index (χ4n) is 3.39. The van der Waals surface area contributed by atoms with Crippen LogP contribution in [0.5, 0.6) is 5.75 Å². The average Bonchev–Trinajstić information content (AvgIpc) is 2.68. The summed E-state index contributed by atoms with van der Waals surface area (Å²) in [5, 5.41) is 0.423. The van der Waals surface area contributed by atoms with Gasteiger partial charge in [-0.15, -0.1) is 11.8 Å². The van der Waals surface area contributed by atoms with Gasteiger partial charge in [-0.3, -0.25) is 9.69 Å². The van der Waals surface area contributed by atoms with Crippen LogP contribution in [0.25, 0.3) is 0 Å². The second kappa shape index (κ2) is 9.43. The zero-order valence-corrected chi connectivity index (χ0v) is 17.5. The second-order valence-electron chi connectivity index (χ2n) is 7.19. The molecule has 0 saturated carbocycles. The Morgan fingerprint density at radius 1 is 1.14 bits per heavy atom.